The number of nitrogens with one attached hydrogen (secondary N) is 2. The van der Waals surface area contributed by atoms with Crippen LogP contribution in [0.15, 0.2) is 47.4 Å². The maximum absolute atomic E-state index is 13.8. The van der Waals surface area contributed by atoms with Gasteiger partial charge in [-0.05, 0) is 43.7 Å². The molecule has 0 bridgehead atoms. The van der Waals surface area contributed by atoms with Crippen molar-refractivity contribution in [3.8, 4) is 5.75 Å². The summed E-state index contributed by atoms with van der Waals surface area (Å²) in [6, 6.07) is 9.36. The first-order valence-corrected chi connectivity index (χ1v) is 9.53. The van der Waals surface area contributed by atoms with E-state index in [2.05, 4.69) is 10.0 Å². The molecule has 1 amide bonds. The van der Waals surface area contributed by atoms with Crippen molar-refractivity contribution in [1.29, 1.82) is 0 Å². The van der Waals surface area contributed by atoms with Crippen LogP contribution in [0.5, 0.6) is 5.75 Å². The highest BCUT2D eigenvalue weighted by atomic mass is 32.2. The Kier molecular flexibility index (Phi) is 6.33. The van der Waals surface area contributed by atoms with Crippen molar-refractivity contribution in [3.05, 3.63) is 53.8 Å². The predicted octanol–water partition coefficient (Wildman–Crippen LogP) is 3.16. The molecule has 0 radical (unpaired) electrons. The Hall–Kier alpha value is -2.45. The van der Waals surface area contributed by atoms with E-state index in [0.717, 1.165) is 0 Å². The maximum Gasteiger partial charge on any atom is 0.258 e. The quantitative estimate of drug-likeness (QED) is 0.773. The second kappa shape index (κ2) is 8.29. The predicted molar refractivity (Wildman–Crippen MR) is 97.4 cm³/mol. The summed E-state index contributed by atoms with van der Waals surface area (Å²) >= 11 is 0. The summed E-state index contributed by atoms with van der Waals surface area (Å²) in [5.74, 6) is -1.12. The second-order valence-electron chi connectivity index (χ2n) is 5.73. The van der Waals surface area contributed by atoms with Crippen LogP contribution < -0.4 is 14.8 Å². The first kappa shape index (κ1) is 19.9. The van der Waals surface area contributed by atoms with Crippen LogP contribution in [0.2, 0.25) is 0 Å². The fraction of sp³-hybridized carbons (Fsp3) is 0.278. The average Bonchev–Trinajstić information content (AvgIpc) is 2.61. The summed E-state index contributed by atoms with van der Waals surface area (Å²) in [4.78, 5) is 12.3. The van der Waals surface area contributed by atoms with E-state index in [1.807, 2.05) is 6.92 Å². The lowest BCUT2D eigenvalue weighted by molar-refractivity contribution is 0.102. The van der Waals surface area contributed by atoms with Crippen LogP contribution in [0, 0.1) is 5.82 Å². The molecule has 0 aliphatic carbocycles. The largest absolute Gasteiger partial charge is 0.495 e. The lowest BCUT2D eigenvalue weighted by atomic mass is 10.2. The van der Waals surface area contributed by atoms with Gasteiger partial charge >= 0.3 is 0 Å². The van der Waals surface area contributed by atoms with Crippen molar-refractivity contribution in [2.75, 3.05) is 12.4 Å². The van der Waals surface area contributed by atoms with Gasteiger partial charge in [-0.3, -0.25) is 4.79 Å². The molecule has 2 aromatic rings. The van der Waals surface area contributed by atoms with Crippen LogP contribution >= 0.6 is 0 Å². The molecule has 2 rings (SSSR count). The van der Waals surface area contributed by atoms with Crippen LogP contribution in [-0.2, 0) is 10.0 Å². The van der Waals surface area contributed by atoms with Crippen LogP contribution in [-0.4, -0.2) is 27.5 Å². The highest BCUT2D eigenvalue weighted by molar-refractivity contribution is 7.89. The van der Waals surface area contributed by atoms with Gasteiger partial charge in [-0.2, -0.15) is 0 Å². The van der Waals surface area contributed by atoms with Crippen LogP contribution in [0.4, 0.5) is 10.1 Å². The number of rotatable bonds is 7. The fourth-order valence-electron chi connectivity index (χ4n) is 2.20. The lowest BCUT2D eigenvalue weighted by Gasteiger charge is -2.15. The summed E-state index contributed by atoms with van der Waals surface area (Å²) in [5.41, 5.74) is -0.0201. The van der Waals surface area contributed by atoms with Gasteiger partial charge in [0.25, 0.3) is 5.91 Å². The summed E-state index contributed by atoms with van der Waals surface area (Å²) in [6.07, 6.45) is 0.631. The number of anilines is 1. The van der Waals surface area contributed by atoms with E-state index in [0.29, 0.717) is 6.42 Å². The standard InChI is InChI=1S/C18H21FN2O4S/c1-4-12(2)21-26(23,24)13-9-10-17(25-3)16(11-13)20-18(22)14-7-5-6-8-15(14)19/h5-12,21H,4H2,1-3H3,(H,20,22)/t12-/m1/s1. The van der Waals surface area contributed by atoms with Crippen molar-refractivity contribution >= 4 is 21.6 Å². The van der Waals surface area contributed by atoms with Gasteiger partial charge in [0.2, 0.25) is 10.0 Å². The van der Waals surface area contributed by atoms with E-state index >= 15 is 0 Å². The van der Waals surface area contributed by atoms with E-state index in [1.165, 1.54) is 49.6 Å². The van der Waals surface area contributed by atoms with Crippen molar-refractivity contribution in [3.63, 3.8) is 0 Å². The Balaban J connectivity index is 2.36. The molecule has 8 heteroatoms. The molecule has 0 saturated carbocycles. The van der Waals surface area contributed by atoms with Crippen molar-refractivity contribution < 1.29 is 22.3 Å². The summed E-state index contributed by atoms with van der Waals surface area (Å²) in [5, 5.41) is 2.50. The number of ether oxygens (including phenoxy) is 1. The van der Waals surface area contributed by atoms with Gasteiger partial charge in [0, 0.05) is 6.04 Å². The summed E-state index contributed by atoms with van der Waals surface area (Å²) in [7, 11) is -2.37. The number of carbonyl (C=O) groups excluding carboxylic acids is 1. The highest BCUT2D eigenvalue weighted by Crippen LogP contribution is 2.28. The number of halogens is 1. The molecule has 26 heavy (non-hydrogen) atoms. The molecule has 2 N–H and O–H groups in total. The van der Waals surface area contributed by atoms with Gasteiger partial charge in [0.15, 0.2) is 0 Å². The molecule has 0 spiro atoms. The van der Waals surface area contributed by atoms with Crippen molar-refractivity contribution in [1.82, 2.24) is 4.72 Å². The number of amides is 1. The van der Waals surface area contributed by atoms with Gasteiger partial charge < -0.3 is 10.1 Å². The van der Waals surface area contributed by atoms with E-state index in [9.17, 15) is 17.6 Å². The van der Waals surface area contributed by atoms with Crippen LogP contribution in [0.25, 0.3) is 0 Å². The molecule has 2 aromatic carbocycles. The minimum atomic E-state index is -3.76. The van der Waals surface area contributed by atoms with Crippen molar-refractivity contribution in [2.24, 2.45) is 0 Å². The lowest BCUT2D eigenvalue weighted by Crippen LogP contribution is -2.32. The smallest absolute Gasteiger partial charge is 0.258 e. The topological polar surface area (TPSA) is 84.5 Å². The second-order valence-corrected chi connectivity index (χ2v) is 7.44. The van der Waals surface area contributed by atoms with Gasteiger partial charge in [0.05, 0.1) is 23.3 Å². The first-order valence-electron chi connectivity index (χ1n) is 8.04. The Morgan fingerprint density at radius 2 is 1.92 bits per heavy atom. The van der Waals surface area contributed by atoms with E-state index in [1.54, 1.807) is 6.92 Å². The van der Waals surface area contributed by atoms with Gasteiger partial charge in [-0.15, -0.1) is 0 Å². The van der Waals surface area contributed by atoms with Gasteiger partial charge in [-0.25, -0.2) is 17.5 Å². The Morgan fingerprint density at radius 1 is 1.23 bits per heavy atom. The molecule has 6 nitrogen and oxygen atoms in total. The third kappa shape index (κ3) is 4.59. The fourth-order valence-corrected chi connectivity index (χ4v) is 3.56. The number of hydrogen-bond donors (Lipinski definition) is 2. The summed E-state index contributed by atoms with van der Waals surface area (Å²) in [6.45, 7) is 3.61. The normalized spacial score (nSPS) is 12.5. The van der Waals surface area contributed by atoms with Gasteiger partial charge in [-0.1, -0.05) is 19.1 Å². The molecule has 0 fully saturated rings. The number of sulfonamides is 1. The van der Waals surface area contributed by atoms with E-state index in [-0.39, 0.29) is 27.9 Å². The Bertz CT molecular complexity index is 900. The molecule has 0 unspecified atom stereocenters. The molecule has 0 saturated heterocycles. The van der Waals surface area contributed by atoms with E-state index < -0.39 is 21.7 Å². The molecular weight excluding hydrogens is 359 g/mol. The Morgan fingerprint density at radius 3 is 2.54 bits per heavy atom. The third-order valence-electron chi connectivity index (χ3n) is 3.82. The first-order chi connectivity index (χ1) is 12.3. The minimum absolute atomic E-state index is 0.0255. The molecule has 0 heterocycles. The number of hydrogen-bond acceptors (Lipinski definition) is 4. The zero-order valence-corrected chi connectivity index (χ0v) is 15.6. The molecular formula is C18H21FN2O4S. The molecule has 0 aliphatic rings. The molecule has 140 valence electrons. The highest BCUT2D eigenvalue weighted by Gasteiger charge is 2.20. The maximum atomic E-state index is 13.8. The monoisotopic (exact) mass is 380 g/mol. The molecule has 0 aliphatic heterocycles. The number of carbonyl (C=O) groups is 1. The van der Waals surface area contributed by atoms with Crippen molar-refractivity contribution in [2.45, 2.75) is 31.2 Å². The summed E-state index contributed by atoms with van der Waals surface area (Å²) < 4.78 is 46.4. The molecule has 1 atom stereocenters. The van der Waals surface area contributed by atoms with Crippen LogP contribution in [0.1, 0.15) is 30.6 Å². The molecule has 0 aromatic heterocycles. The zero-order valence-electron chi connectivity index (χ0n) is 14.7. The zero-order chi connectivity index (χ0) is 19.3. The third-order valence-corrected chi connectivity index (χ3v) is 5.40. The van der Waals surface area contributed by atoms with E-state index in [4.69, 9.17) is 4.74 Å². The van der Waals surface area contributed by atoms with Crippen LogP contribution in [0.3, 0.4) is 0 Å². The number of benzene rings is 2. The minimum Gasteiger partial charge on any atom is -0.495 e. The number of methoxy groups -OCH3 is 1. The average molecular weight is 380 g/mol. The van der Waals surface area contributed by atoms with Gasteiger partial charge in [0.1, 0.15) is 11.6 Å². The SMILES string of the molecule is CC[C@@H](C)NS(=O)(=O)c1ccc(OC)c(NC(=O)c2ccccc2F)c1. The Labute approximate surface area is 152 Å².